The van der Waals surface area contributed by atoms with Gasteiger partial charge < -0.3 is 39.7 Å². The minimum atomic E-state index is -1.32. The van der Waals surface area contributed by atoms with Crippen LogP contribution in [0, 0.1) is 0 Å². The van der Waals surface area contributed by atoms with E-state index < -0.39 is 87.0 Å². The molecule has 15 heteroatoms. The SMILES string of the molecule is CCCCCCCCC=CCCCCCCCC(=O)O[C@H](CO)[C@H]1OC[C@H](O)[C@H]1OC(=O)CN(CCN(CC(=O)O)CC(=O)O)CC(=O)O. The van der Waals surface area contributed by atoms with E-state index in [4.69, 9.17) is 24.4 Å². The van der Waals surface area contributed by atoms with Gasteiger partial charge in [-0.3, -0.25) is 33.8 Å². The molecule has 0 amide bonds. The number of carboxylic acid groups (broad SMARTS) is 3. The van der Waals surface area contributed by atoms with Gasteiger partial charge in [-0.25, -0.2) is 0 Å². The van der Waals surface area contributed by atoms with Crippen molar-refractivity contribution >= 4 is 29.8 Å². The van der Waals surface area contributed by atoms with Gasteiger partial charge in [0.2, 0.25) is 0 Å². The van der Waals surface area contributed by atoms with Gasteiger partial charge in [-0.1, -0.05) is 70.4 Å². The second kappa shape index (κ2) is 26.7. The van der Waals surface area contributed by atoms with Crippen molar-refractivity contribution in [2.24, 2.45) is 0 Å². The summed E-state index contributed by atoms with van der Waals surface area (Å²) in [5, 5.41) is 47.6. The number of nitrogens with zero attached hydrogens (tertiary/aromatic N) is 2. The monoisotopic (exact) mass is 702 g/mol. The van der Waals surface area contributed by atoms with Gasteiger partial charge in [0.25, 0.3) is 0 Å². The fraction of sp³-hybridized carbons (Fsp3) is 0.794. The molecule has 1 heterocycles. The Bertz CT molecular complexity index is 993. The lowest BCUT2D eigenvalue weighted by molar-refractivity contribution is -0.172. The first-order chi connectivity index (χ1) is 23.5. The molecule has 0 aromatic heterocycles. The van der Waals surface area contributed by atoms with Crippen molar-refractivity contribution in [3.05, 3.63) is 12.2 Å². The number of aliphatic carboxylic acids is 3. The van der Waals surface area contributed by atoms with E-state index in [9.17, 15) is 39.3 Å². The van der Waals surface area contributed by atoms with Crippen molar-refractivity contribution in [1.29, 1.82) is 0 Å². The Hall–Kier alpha value is -3.11. The highest BCUT2D eigenvalue weighted by molar-refractivity contribution is 5.74. The lowest BCUT2D eigenvalue weighted by atomic mass is 10.1. The minimum absolute atomic E-state index is 0.124. The first-order valence-electron chi connectivity index (χ1n) is 17.5. The van der Waals surface area contributed by atoms with Gasteiger partial charge in [0.1, 0.15) is 12.2 Å². The molecule has 15 nitrogen and oxygen atoms in total. The third kappa shape index (κ3) is 21.6. The zero-order chi connectivity index (χ0) is 36.4. The van der Waals surface area contributed by atoms with Crippen LogP contribution in [0.5, 0.6) is 0 Å². The van der Waals surface area contributed by atoms with Crippen molar-refractivity contribution in [1.82, 2.24) is 9.80 Å². The smallest absolute Gasteiger partial charge is 0.320 e. The summed E-state index contributed by atoms with van der Waals surface area (Å²) in [7, 11) is 0. The maximum Gasteiger partial charge on any atom is 0.320 e. The average Bonchev–Trinajstić information content (AvgIpc) is 3.38. The summed E-state index contributed by atoms with van der Waals surface area (Å²) in [4.78, 5) is 61.0. The molecule has 1 saturated heterocycles. The number of rotatable bonds is 30. The molecule has 0 unspecified atom stereocenters. The molecule has 0 aliphatic carbocycles. The molecule has 0 spiro atoms. The number of unbranched alkanes of at least 4 members (excludes halogenated alkanes) is 11. The summed E-state index contributed by atoms with van der Waals surface area (Å²) >= 11 is 0. The van der Waals surface area contributed by atoms with Crippen LogP contribution in [0.2, 0.25) is 0 Å². The van der Waals surface area contributed by atoms with Crippen LogP contribution in [0.3, 0.4) is 0 Å². The van der Waals surface area contributed by atoms with E-state index in [1.54, 1.807) is 0 Å². The molecule has 49 heavy (non-hydrogen) atoms. The minimum Gasteiger partial charge on any atom is -0.480 e. The van der Waals surface area contributed by atoms with E-state index in [-0.39, 0.29) is 26.1 Å². The van der Waals surface area contributed by atoms with E-state index in [0.717, 1.165) is 48.3 Å². The first-order valence-corrected chi connectivity index (χ1v) is 17.5. The number of aliphatic hydroxyl groups excluding tert-OH is 2. The van der Waals surface area contributed by atoms with E-state index in [0.29, 0.717) is 6.42 Å². The molecular weight excluding hydrogens is 644 g/mol. The Kier molecular flexibility index (Phi) is 23.9. The lowest BCUT2D eigenvalue weighted by Gasteiger charge is -2.28. The Labute approximate surface area is 289 Å². The standard InChI is InChI=1S/C34H58N2O13/c1-2-3-4-5-6-7-8-9-10-11-12-13-14-15-16-17-31(45)48-27(24-37)34-33(26(38)25-47-34)49-32(46)23-36(22-30(43)44)19-18-35(20-28(39)40)21-29(41)42/h9-10,26-27,33-34,37-38H,2-8,11-25H2,1H3,(H,39,40)(H,41,42)(H,43,44)/t26-,27+,33+,34+/m0/s1. The number of hydrogen-bond donors (Lipinski definition) is 5. The number of hydrogen-bond acceptors (Lipinski definition) is 12. The lowest BCUT2D eigenvalue weighted by Crippen LogP contribution is -2.47. The van der Waals surface area contributed by atoms with Crippen LogP contribution >= 0.6 is 0 Å². The largest absolute Gasteiger partial charge is 0.480 e. The van der Waals surface area contributed by atoms with Crippen LogP contribution in [0.1, 0.15) is 96.8 Å². The second-order valence-corrected chi connectivity index (χ2v) is 12.5. The van der Waals surface area contributed by atoms with E-state index in [1.807, 2.05) is 0 Å². The fourth-order valence-corrected chi connectivity index (χ4v) is 5.52. The first kappa shape index (κ1) is 43.9. The predicted octanol–water partition coefficient (Wildman–Crippen LogP) is 2.46. The van der Waals surface area contributed by atoms with Crippen LogP contribution in [0.25, 0.3) is 0 Å². The third-order valence-corrected chi connectivity index (χ3v) is 8.06. The third-order valence-electron chi connectivity index (χ3n) is 8.06. The van der Waals surface area contributed by atoms with Crippen LogP contribution < -0.4 is 0 Å². The molecule has 0 aromatic rings. The molecule has 282 valence electrons. The topological polar surface area (TPSA) is 221 Å². The van der Waals surface area contributed by atoms with Gasteiger partial charge in [-0.2, -0.15) is 0 Å². The molecule has 5 N–H and O–H groups in total. The Morgan fingerprint density at radius 1 is 0.735 bits per heavy atom. The van der Waals surface area contributed by atoms with Crippen molar-refractivity contribution < 1.29 is 63.7 Å². The second-order valence-electron chi connectivity index (χ2n) is 12.5. The van der Waals surface area contributed by atoms with Gasteiger partial charge in [0.15, 0.2) is 12.2 Å². The molecule has 1 rings (SSSR count). The quantitative estimate of drug-likeness (QED) is 0.0412. The van der Waals surface area contributed by atoms with Gasteiger partial charge in [-0.05, 0) is 32.1 Å². The molecular formula is C34H58N2O13. The number of allylic oxidation sites excluding steroid dienone is 2. The Morgan fingerprint density at radius 2 is 1.22 bits per heavy atom. The summed E-state index contributed by atoms with van der Waals surface area (Å²) in [6.45, 7) is -1.48. The Morgan fingerprint density at radius 3 is 1.73 bits per heavy atom. The fourth-order valence-electron chi connectivity index (χ4n) is 5.52. The van der Waals surface area contributed by atoms with Crippen molar-refractivity contribution in [3.8, 4) is 0 Å². The Balaban J connectivity index is 2.47. The van der Waals surface area contributed by atoms with E-state index in [1.165, 1.54) is 38.5 Å². The summed E-state index contributed by atoms with van der Waals surface area (Å²) in [6, 6.07) is 0. The zero-order valence-corrected chi connectivity index (χ0v) is 28.9. The molecule has 4 atom stereocenters. The van der Waals surface area contributed by atoms with Gasteiger partial charge >= 0.3 is 29.8 Å². The predicted molar refractivity (Wildman–Crippen MR) is 178 cm³/mol. The van der Waals surface area contributed by atoms with E-state index >= 15 is 0 Å². The normalized spacial score (nSPS) is 18.3. The van der Waals surface area contributed by atoms with Crippen molar-refractivity contribution in [2.45, 2.75) is 121 Å². The van der Waals surface area contributed by atoms with Crippen molar-refractivity contribution in [3.63, 3.8) is 0 Å². The number of aliphatic hydroxyl groups is 2. The van der Waals surface area contributed by atoms with Crippen molar-refractivity contribution in [2.75, 3.05) is 52.5 Å². The maximum atomic E-state index is 12.8. The van der Waals surface area contributed by atoms with Crippen LogP contribution in [-0.4, -0.2) is 142 Å². The summed E-state index contributed by atoms with van der Waals surface area (Å²) in [5.41, 5.74) is 0. The number of carbonyl (C=O) groups is 5. The highest BCUT2D eigenvalue weighted by Gasteiger charge is 2.45. The molecule has 0 radical (unpaired) electrons. The van der Waals surface area contributed by atoms with Gasteiger partial charge in [0, 0.05) is 19.5 Å². The summed E-state index contributed by atoms with van der Waals surface area (Å²) < 4.78 is 16.3. The number of ether oxygens (including phenoxy) is 3. The maximum absolute atomic E-state index is 12.8. The van der Waals surface area contributed by atoms with E-state index in [2.05, 4.69) is 19.1 Å². The van der Waals surface area contributed by atoms with Crippen LogP contribution in [0.15, 0.2) is 12.2 Å². The van der Waals surface area contributed by atoms with Gasteiger partial charge in [-0.15, -0.1) is 0 Å². The average molecular weight is 703 g/mol. The van der Waals surface area contributed by atoms with Gasteiger partial charge in [0.05, 0.1) is 39.4 Å². The number of esters is 2. The number of carboxylic acids is 3. The molecule has 0 aromatic carbocycles. The summed E-state index contributed by atoms with van der Waals surface area (Å²) in [5.74, 6) is -5.37. The highest BCUT2D eigenvalue weighted by Crippen LogP contribution is 2.24. The summed E-state index contributed by atoms with van der Waals surface area (Å²) in [6.07, 6.45) is 14.2. The zero-order valence-electron chi connectivity index (χ0n) is 28.9. The van der Waals surface area contributed by atoms with Crippen LogP contribution in [-0.2, 0) is 38.2 Å². The molecule has 1 aliphatic rings. The molecule has 0 bridgehead atoms. The molecule has 0 saturated carbocycles. The molecule has 1 fully saturated rings. The highest BCUT2D eigenvalue weighted by atomic mass is 16.6. The van der Waals surface area contributed by atoms with Crippen LogP contribution in [0.4, 0.5) is 0 Å². The number of carbonyl (C=O) groups excluding carboxylic acids is 2. The molecule has 1 aliphatic heterocycles.